The number of benzene rings is 1. The van der Waals surface area contributed by atoms with Crippen LogP contribution in [0.5, 0.6) is 0 Å². The van der Waals surface area contributed by atoms with Gasteiger partial charge in [-0.2, -0.15) is 0 Å². The van der Waals surface area contributed by atoms with Crippen LogP contribution in [0.1, 0.15) is 10.4 Å². The number of rotatable bonds is 2. The minimum Gasteiger partial charge on any atom is -0.373 e. The molecule has 4 nitrogen and oxygen atoms in total. The summed E-state index contributed by atoms with van der Waals surface area (Å²) in [6, 6.07) is 5.33. The smallest absolute Gasteiger partial charge is 0.255 e. The van der Waals surface area contributed by atoms with Gasteiger partial charge >= 0.3 is 0 Å². The zero-order valence-corrected chi connectivity index (χ0v) is 12.6. The number of nitrogens with two attached hydrogens (primary N) is 1. The van der Waals surface area contributed by atoms with Gasteiger partial charge in [0.05, 0.1) is 18.3 Å². The van der Waals surface area contributed by atoms with Gasteiger partial charge in [-0.3, -0.25) is 4.79 Å². The van der Waals surface area contributed by atoms with Crippen LogP contribution < -0.4 is 5.73 Å². The Morgan fingerprint density at radius 2 is 2.39 bits per heavy atom. The van der Waals surface area contributed by atoms with Crippen molar-refractivity contribution < 1.29 is 9.53 Å². The van der Waals surface area contributed by atoms with E-state index in [1.54, 1.807) is 17.0 Å². The molecule has 1 amide bonds. The van der Waals surface area contributed by atoms with Crippen LogP contribution in [0.15, 0.2) is 18.2 Å². The summed E-state index contributed by atoms with van der Waals surface area (Å²) in [7, 11) is 0. The number of nitrogens with zero attached hydrogens (tertiary/aromatic N) is 1. The van der Waals surface area contributed by atoms with E-state index in [9.17, 15) is 4.79 Å². The molecule has 1 unspecified atom stereocenters. The van der Waals surface area contributed by atoms with Crippen LogP contribution >= 0.6 is 34.2 Å². The molecule has 2 rings (SSSR count). The number of halogens is 2. The maximum absolute atomic E-state index is 12.4. The Kier molecular flexibility index (Phi) is 4.83. The second-order valence-corrected chi connectivity index (χ2v) is 5.70. The third kappa shape index (κ3) is 3.14. The van der Waals surface area contributed by atoms with Crippen molar-refractivity contribution in [2.75, 3.05) is 26.2 Å². The van der Waals surface area contributed by atoms with E-state index in [4.69, 9.17) is 22.1 Å². The third-order valence-electron chi connectivity index (χ3n) is 2.85. The highest BCUT2D eigenvalue weighted by atomic mass is 127. The quantitative estimate of drug-likeness (QED) is 0.795. The summed E-state index contributed by atoms with van der Waals surface area (Å²) in [6.07, 6.45) is -0.0699. The average Bonchev–Trinajstić information content (AvgIpc) is 2.41. The molecule has 1 atom stereocenters. The van der Waals surface area contributed by atoms with Crippen LogP contribution in [0, 0.1) is 3.57 Å². The lowest BCUT2D eigenvalue weighted by Crippen LogP contribution is -2.48. The van der Waals surface area contributed by atoms with Gasteiger partial charge in [-0.05, 0) is 40.8 Å². The highest BCUT2D eigenvalue weighted by molar-refractivity contribution is 14.1. The van der Waals surface area contributed by atoms with Gasteiger partial charge < -0.3 is 15.4 Å². The highest BCUT2D eigenvalue weighted by Crippen LogP contribution is 2.20. The van der Waals surface area contributed by atoms with Crippen molar-refractivity contribution >= 4 is 40.1 Å². The van der Waals surface area contributed by atoms with Gasteiger partial charge in [-0.1, -0.05) is 11.6 Å². The summed E-state index contributed by atoms with van der Waals surface area (Å²) < 4.78 is 6.35. The van der Waals surface area contributed by atoms with E-state index in [2.05, 4.69) is 22.6 Å². The first-order valence-corrected chi connectivity index (χ1v) is 7.13. The van der Waals surface area contributed by atoms with Crippen LogP contribution in [-0.4, -0.2) is 43.2 Å². The van der Waals surface area contributed by atoms with Crippen LogP contribution in [-0.2, 0) is 4.74 Å². The molecule has 98 valence electrons. The number of hydrogen-bond acceptors (Lipinski definition) is 3. The Bertz CT molecular complexity index is 456. The number of carbonyl (C=O) groups is 1. The summed E-state index contributed by atoms with van der Waals surface area (Å²) in [6.45, 7) is 2.09. The van der Waals surface area contributed by atoms with Gasteiger partial charge in [0.25, 0.3) is 5.91 Å². The van der Waals surface area contributed by atoms with Crippen molar-refractivity contribution in [1.29, 1.82) is 0 Å². The number of morpholine rings is 1. The van der Waals surface area contributed by atoms with E-state index < -0.39 is 0 Å². The Labute approximate surface area is 125 Å². The van der Waals surface area contributed by atoms with E-state index >= 15 is 0 Å². The Balaban J connectivity index is 2.17. The molecule has 1 heterocycles. The summed E-state index contributed by atoms with van der Waals surface area (Å²) in [4.78, 5) is 14.2. The third-order valence-corrected chi connectivity index (χ3v) is 4.02. The lowest BCUT2D eigenvalue weighted by Gasteiger charge is -2.32. The average molecular weight is 381 g/mol. The molecule has 0 spiro atoms. The fourth-order valence-electron chi connectivity index (χ4n) is 1.88. The molecular formula is C12H14ClIN2O2. The van der Waals surface area contributed by atoms with Crippen molar-refractivity contribution in [3.8, 4) is 0 Å². The maximum atomic E-state index is 12.4. The van der Waals surface area contributed by atoms with Gasteiger partial charge in [0.2, 0.25) is 0 Å². The monoisotopic (exact) mass is 380 g/mol. The first-order chi connectivity index (χ1) is 8.61. The van der Waals surface area contributed by atoms with Gasteiger partial charge in [0, 0.05) is 28.2 Å². The molecule has 0 saturated carbocycles. The largest absolute Gasteiger partial charge is 0.373 e. The van der Waals surface area contributed by atoms with E-state index in [0.717, 1.165) is 3.57 Å². The van der Waals surface area contributed by atoms with Crippen molar-refractivity contribution in [3.05, 3.63) is 32.4 Å². The summed E-state index contributed by atoms with van der Waals surface area (Å²) in [5.74, 6) is -0.0105. The van der Waals surface area contributed by atoms with E-state index in [-0.39, 0.29) is 12.0 Å². The van der Waals surface area contributed by atoms with E-state index in [0.29, 0.717) is 36.8 Å². The second kappa shape index (κ2) is 6.18. The van der Waals surface area contributed by atoms with Crippen LogP contribution in [0.2, 0.25) is 5.02 Å². The molecule has 1 aromatic rings. The molecule has 1 aromatic carbocycles. The molecule has 1 aliphatic heterocycles. The number of amides is 1. The molecule has 1 aliphatic rings. The Morgan fingerprint density at radius 1 is 1.61 bits per heavy atom. The molecule has 0 aromatic heterocycles. The Morgan fingerprint density at radius 3 is 3.11 bits per heavy atom. The van der Waals surface area contributed by atoms with E-state index in [1.807, 2.05) is 6.07 Å². The SMILES string of the molecule is NCC1CN(C(=O)c2cc(Cl)ccc2I)CCO1. The standard InChI is InChI=1S/C12H14ClIN2O2/c13-8-1-2-11(14)10(5-8)12(17)16-3-4-18-9(6-15)7-16/h1-2,5,9H,3-4,6-7,15H2. The summed E-state index contributed by atoms with van der Waals surface area (Å²) in [5.41, 5.74) is 6.21. The molecule has 2 N–H and O–H groups in total. The summed E-state index contributed by atoms with van der Waals surface area (Å²) in [5, 5.41) is 0.572. The van der Waals surface area contributed by atoms with Crippen molar-refractivity contribution in [2.45, 2.75) is 6.10 Å². The molecule has 0 bridgehead atoms. The van der Waals surface area contributed by atoms with Gasteiger partial charge in [-0.25, -0.2) is 0 Å². The zero-order chi connectivity index (χ0) is 13.1. The second-order valence-electron chi connectivity index (χ2n) is 4.10. The first kappa shape index (κ1) is 14.0. The molecule has 18 heavy (non-hydrogen) atoms. The van der Waals surface area contributed by atoms with Crippen LogP contribution in [0.3, 0.4) is 0 Å². The van der Waals surface area contributed by atoms with Gasteiger partial charge in [-0.15, -0.1) is 0 Å². The number of ether oxygens (including phenoxy) is 1. The maximum Gasteiger partial charge on any atom is 0.255 e. The fraction of sp³-hybridized carbons (Fsp3) is 0.417. The molecule has 1 saturated heterocycles. The van der Waals surface area contributed by atoms with Crippen molar-refractivity contribution in [2.24, 2.45) is 5.73 Å². The van der Waals surface area contributed by atoms with E-state index in [1.165, 1.54) is 0 Å². The minimum absolute atomic E-state index is 0.0105. The molecule has 0 radical (unpaired) electrons. The van der Waals surface area contributed by atoms with Crippen molar-refractivity contribution in [3.63, 3.8) is 0 Å². The highest BCUT2D eigenvalue weighted by Gasteiger charge is 2.25. The first-order valence-electron chi connectivity index (χ1n) is 5.68. The van der Waals surface area contributed by atoms with Crippen LogP contribution in [0.25, 0.3) is 0 Å². The molecule has 0 aliphatic carbocycles. The lowest BCUT2D eigenvalue weighted by molar-refractivity contribution is -0.0167. The topological polar surface area (TPSA) is 55.6 Å². The molecular weight excluding hydrogens is 367 g/mol. The van der Waals surface area contributed by atoms with Gasteiger partial charge in [0.15, 0.2) is 0 Å². The fourth-order valence-corrected chi connectivity index (χ4v) is 2.62. The summed E-state index contributed by atoms with van der Waals surface area (Å²) >= 11 is 8.08. The predicted octanol–water partition coefficient (Wildman–Crippen LogP) is 1.74. The molecule has 1 fully saturated rings. The van der Waals surface area contributed by atoms with Crippen molar-refractivity contribution in [1.82, 2.24) is 4.90 Å². The normalized spacial score (nSPS) is 19.9. The zero-order valence-electron chi connectivity index (χ0n) is 9.73. The number of carbonyl (C=O) groups excluding carboxylic acids is 1. The van der Waals surface area contributed by atoms with Crippen LogP contribution in [0.4, 0.5) is 0 Å². The molecule has 6 heteroatoms. The lowest BCUT2D eigenvalue weighted by atomic mass is 10.1. The number of hydrogen-bond donors (Lipinski definition) is 1. The predicted molar refractivity (Wildman–Crippen MR) is 78.9 cm³/mol. The Hall–Kier alpha value is -0.370. The van der Waals surface area contributed by atoms with Gasteiger partial charge in [0.1, 0.15) is 0 Å². The minimum atomic E-state index is -0.0699.